The zero-order valence-electron chi connectivity index (χ0n) is 44.1. The van der Waals surface area contributed by atoms with Gasteiger partial charge in [0, 0.05) is 6.42 Å². The summed E-state index contributed by atoms with van der Waals surface area (Å²) < 4.78 is 0. The molecule has 2 unspecified atom stereocenters. The monoisotopic (exact) mass is 928 g/mol. The van der Waals surface area contributed by atoms with Gasteiger partial charge in [0.25, 0.3) is 0 Å². The van der Waals surface area contributed by atoms with Crippen molar-refractivity contribution in [1.29, 1.82) is 0 Å². The molecule has 0 aliphatic carbocycles. The molecule has 0 bridgehead atoms. The van der Waals surface area contributed by atoms with Crippen LogP contribution in [0.4, 0.5) is 0 Å². The van der Waals surface area contributed by atoms with Crippen LogP contribution in [-0.2, 0) is 4.79 Å². The second-order valence-electron chi connectivity index (χ2n) is 19.0. The van der Waals surface area contributed by atoms with Gasteiger partial charge >= 0.3 is 0 Å². The van der Waals surface area contributed by atoms with E-state index in [2.05, 4.69) is 129 Å². The minimum absolute atomic E-state index is 0.0650. The maximum atomic E-state index is 12.5. The summed E-state index contributed by atoms with van der Waals surface area (Å²) in [5, 5.41) is 23.3. The minimum atomic E-state index is -0.683. The Bertz CT molecular complexity index is 1280. The molecule has 0 saturated heterocycles. The first-order valence-electron chi connectivity index (χ1n) is 28.6. The van der Waals surface area contributed by atoms with E-state index in [4.69, 9.17) is 0 Å². The molecule has 4 heteroatoms. The summed E-state index contributed by atoms with van der Waals surface area (Å²) in [6, 6.07) is -0.564. The lowest BCUT2D eigenvalue weighted by molar-refractivity contribution is -0.123. The zero-order valence-corrected chi connectivity index (χ0v) is 44.1. The third kappa shape index (κ3) is 53.9. The predicted molar refractivity (Wildman–Crippen MR) is 299 cm³/mol. The van der Waals surface area contributed by atoms with Crippen LogP contribution in [0.15, 0.2) is 109 Å². The lowest BCUT2D eigenvalue weighted by atomic mass is 10.0. The van der Waals surface area contributed by atoms with Crippen molar-refractivity contribution in [3.05, 3.63) is 109 Å². The molecule has 0 rings (SSSR count). The number of hydrogen-bond acceptors (Lipinski definition) is 3. The number of allylic oxidation sites excluding steroid dienone is 18. The molecule has 3 N–H and O–H groups in total. The smallest absolute Gasteiger partial charge is 0.220 e. The minimum Gasteiger partial charge on any atom is -0.394 e. The number of rotatable bonds is 51. The summed E-state index contributed by atoms with van der Waals surface area (Å²) in [7, 11) is 0. The molecule has 0 saturated carbocycles. The Hall–Kier alpha value is -2.95. The van der Waals surface area contributed by atoms with Crippen molar-refractivity contribution in [2.45, 2.75) is 276 Å². The molecule has 2 atom stereocenters. The summed E-state index contributed by atoms with van der Waals surface area (Å²) in [5.41, 5.74) is 0. The fourth-order valence-electron chi connectivity index (χ4n) is 8.24. The van der Waals surface area contributed by atoms with Gasteiger partial charge in [-0.05, 0) is 83.5 Å². The Balaban J connectivity index is 3.62. The highest BCUT2D eigenvalue weighted by Gasteiger charge is 2.20. The van der Waals surface area contributed by atoms with E-state index in [1.54, 1.807) is 0 Å². The second-order valence-corrected chi connectivity index (χ2v) is 19.0. The molecule has 384 valence electrons. The molecular formula is C63H109NO3. The van der Waals surface area contributed by atoms with Gasteiger partial charge in [0.15, 0.2) is 0 Å². The number of carbonyl (C=O) groups excluding carboxylic acids is 1. The van der Waals surface area contributed by atoms with Gasteiger partial charge in [-0.15, -0.1) is 0 Å². The molecule has 0 radical (unpaired) electrons. The first kappa shape index (κ1) is 64.0. The average Bonchev–Trinajstić information content (AvgIpc) is 3.33. The van der Waals surface area contributed by atoms with Gasteiger partial charge in [0.1, 0.15) is 0 Å². The molecule has 0 aromatic rings. The van der Waals surface area contributed by atoms with Crippen LogP contribution in [0.3, 0.4) is 0 Å². The predicted octanol–water partition coefficient (Wildman–Crippen LogP) is 19.1. The fourth-order valence-corrected chi connectivity index (χ4v) is 8.24. The number of carbonyl (C=O) groups is 1. The molecule has 0 aliphatic rings. The molecule has 1 amide bonds. The van der Waals surface area contributed by atoms with Crippen molar-refractivity contribution in [3.8, 4) is 0 Å². The third-order valence-electron chi connectivity index (χ3n) is 12.5. The van der Waals surface area contributed by atoms with Gasteiger partial charge in [-0.25, -0.2) is 0 Å². The van der Waals surface area contributed by atoms with E-state index in [9.17, 15) is 15.0 Å². The number of unbranched alkanes of at least 4 members (excludes halogenated alkanes) is 26. The number of hydrogen-bond donors (Lipinski definition) is 3. The van der Waals surface area contributed by atoms with Crippen LogP contribution in [0.25, 0.3) is 0 Å². The maximum absolute atomic E-state index is 12.5. The van der Waals surface area contributed by atoms with Crippen molar-refractivity contribution in [2.24, 2.45) is 0 Å². The number of aliphatic hydroxyl groups excluding tert-OH is 2. The highest BCUT2D eigenvalue weighted by atomic mass is 16.3. The third-order valence-corrected chi connectivity index (χ3v) is 12.5. The topological polar surface area (TPSA) is 69.6 Å². The van der Waals surface area contributed by atoms with Crippen molar-refractivity contribution in [3.63, 3.8) is 0 Å². The number of nitrogens with one attached hydrogen (secondary N) is 1. The molecule has 67 heavy (non-hydrogen) atoms. The molecule has 0 fully saturated rings. The Morgan fingerprint density at radius 3 is 0.970 bits per heavy atom. The summed E-state index contributed by atoms with van der Waals surface area (Å²) in [5.74, 6) is -0.0650. The van der Waals surface area contributed by atoms with E-state index in [0.717, 1.165) is 96.3 Å². The Morgan fingerprint density at radius 1 is 0.373 bits per heavy atom. The average molecular weight is 929 g/mol. The molecule has 4 nitrogen and oxygen atoms in total. The Morgan fingerprint density at radius 2 is 0.657 bits per heavy atom. The summed E-state index contributed by atoms with van der Waals surface area (Å²) in [4.78, 5) is 12.5. The SMILES string of the molecule is CC/C=C\C/C=C\C/C=C\C/C=C\C/C=C\C/C=C\C/C=C\C/C=C\C/C=C\CCCCCC(=O)NC(CO)C(O)CCCCCCCCCCCCCCCCCCCCCCCCCC. The quantitative estimate of drug-likeness (QED) is 0.0420. The lowest BCUT2D eigenvalue weighted by Gasteiger charge is -2.22. The fraction of sp³-hybridized carbons (Fsp3) is 0.698. The van der Waals surface area contributed by atoms with E-state index in [0.29, 0.717) is 12.8 Å². The summed E-state index contributed by atoms with van der Waals surface area (Å²) >= 11 is 0. The van der Waals surface area contributed by atoms with E-state index in [-0.39, 0.29) is 12.5 Å². The Labute approximate surface area is 416 Å². The Kier molecular flexibility index (Phi) is 54.8. The van der Waals surface area contributed by atoms with Crippen LogP contribution in [0.1, 0.15) is 264 Å². The maximum Gasteiger partial charge on any atom is 0.220 e. The highest BCUT2D eigenvalue weighted by molar-refractivity contribution is 5.76. The van der Waals surface area contributed by atoms with Crippen LogP contribution >= 0.6 is 0 Å². The first-order valence-corrected chi connectivity index (χ1v) is 28.6. The van der Waals surface area contributed by atoms with Crippen LogP contribution in [0.5, 0.6) is 0 Å². The van der Waals surface area contributed by atoms with E-state index in [1.165, 1.54) is 141 Å². The van der Waals surface area contributed by atoms with Crippen LogP contribution < -0.4 is 5.32 Å². The standard InChI is InChI=1S/C63H109NO3/c1-3-5-7-9-11-13-15-17-19-21-23-25-27-29-30-31-32-33-34-35-37-39-41-43-45-47-49-51-53-55-57-59-63(67)64-61(60-65)62(66)58-56-54-52-50-48-46-44-42-40-38-36-28-26-24-22-20-18-16-14-12-10-8-6-4-2/h5,7,11,13,17,19,23,25,29-30,32-33,35,37,41,43,47,49,61-62,65-66H,3-4,6,8-10,12,14-16,18,20-22,24,26-28,31,34,36,38-40,42,44-46,48,50-60H2,1-2H3,(H,64,67)/b7-5-,13-11-,19-17-,25-23-,30-29-,33-32-,37-35-,43-41-,49-47-. The molecule has 0 aliphatic heterocycles. The van der Waals surface area contributed by atoms with Crippen LogP contribution in [-0.4, -0.2) is 34.9 Å². The first-order chi connectivity index (χ1) is 33.2. The van der Waals surface area contributed by atoms with Gasteiger partial charge < -0.3 is 15.5 Å². The van der Waals surface area contributed by atoms with Gasteiger partial charge in [-0.2, -0.15) is 0 Å². The van der Waals surface area contributed by atoms with Crippen molar-refractivity contribution in [1.82, 2.24) is 5.32 Å². The van der Waals surface area contributed by atoms with Gasteiger partial charge in [0.2, 0.25) is 5.91 Å². The van der Waals surface area contributed by atoms with Gasteiger partial charge in [0.05, 0.1) is 18.8 Å². The van der Waals surface area contributed by atoms with Gasteiger partial charge in [-0.1, -0.05) is 284 Å². The number of aliphatic hydroxyl groups is 2. The van der Waals surface area contributed by atoms with E-state index >= 15 is 0 Å². The van der Waals surface area contributed by atoms with Gasteiger partial charge in [-0.3, -0.25) is 4.79 Å². The summed E-state index contributed by atoms with van der Waals surface area (Å²) in [6.07, 6.45) is 86.4. The van der Waals surface area contributed by atoms with Crippen LogP contribution in [0, 0.1) is 0 Å². The van der Waals surface area contributed by atoms with Crippen molar-refractivity contribution < 1.29 is 15.0 Å². The molecular weight excluding hydrogens is 819 g/mol. The van der Waals surface area contributed by atoms with E-state index in [1.807, 2.05) is 0 Å². The molecule has 0 aromatic heterocycles. The molecule has 0 aromatic carbocycles. The molecule has 0 heterocycles. The summed E-state index contributed by atoms with van der Waals surface area (Å²) in [6.45, 7) is 4.24. The highest BCUT2D eigenvalue weighted by Crippen LogP contribution is 2.17. The number of amides is 1. The normalized spacial score (nSPS) is 13.7. The van der Waals surface area contributed by atoms with E-state index < -0.39 is 12.1 Å². The molecule has 0 spiro atoms. The van der Waals surface area contributed by atoms with Crippen molar-refractivity contribution >= 4 is 5.91 Å². The van der Waals surface area contributed by atoms with Crippen molar-refractivity contribution in [2.75, 3.05) is 6.61 Å². The largest absolute Gasteiger partial charge is 0.394 e. The second kappa shape index (κ2) is 57.4. The van der Waals surface area contributed by atoms with Crippen LogP contribution in [0.2, 0.25) is 0 Å². The zero-order chi connectivity index (χ0) is 48.5. The lowest BCUT2D eigenvalue weighted by Crippen LogP contribution is -2.45.